The van der Waals surface area contributed by atoms with E-state index in [9.17, 15) is 18.8 Å². The number of carbonyl (C=O) groups excluding carboxylic acids is 3. The smallest absolute Gasteiger partial charge is 0.294 e. The lowest BCUT2D eigenvalue weighted by Crippen LogP contribution is -2.38. The fourth-order valence-corrected chi connectivity index (χ4v) is 4.36. The number of amides is 2. The molecule has 31 heavy (non-hydrogen) atoms. The number of hydrogen-bond acceptors (Lipinski definition) is 6. The number of Topliss-reactive ketones (excluding diaryl/α,β-unsaturated/α-hetero) is 1. The van der Waals surface area contributed by atoms with Gasteiger partial charge in [-0.1, -0.05) is 24.3 Å². The Morgan fingerprint density at radius 2 is 1.84 bits per heavy atom. The van der Waals surface area contributed by atoms with Crippen LogP contribution in [-0.2, 0) is 9.59 Å². The van der Waals surface area contributed by atoms with Gasteiger partial charge in [-0.25, -0.2) is 4.39 Å². The van der Waals surface area contributed by atoms with E-state index >= 15 is 0 Å². The SMILES string of the molecule is COc1ccc(/C=C2\SC(=O)N(C(C(=O)C3CC3)c3ccccc3F)C2=O)cc1OC. The molecule has 1 heterocycles. The van der Waals surface area contributed by atoms with Gasteiger partial charge < -0.3 is 9.47 Å². The van der Waals surface area contributed by atoms with Crippen LogP contribution in [0.5, 0.6) is 11.5 Å². The minimum Gasteiger partial charge on any atom is -0.493 e. The summed E-state index contributed by atoms with van der Waals surface area (Å²) >= 11 is 0.730. The normalized spacial score (nSPS) is 18.4. The summed E-state index contributed by atoms with van der Waals surface area (Å²) in [7, 11) is 3.01. The number of carbonyl (C=O) groups is 3. The number of rotatable bonds is 7. The topological polar surface area (TPSA) is 72.9 Å². The lowest BCUT2D eigenvalue weighted by molar-refractivity contribution is -0.133. The average molecular weight is 441 g/mol. The zero-order valence-electron chi connectivity index (χ0n) is 17.0. The van der Waals surface area contributed by atoms with E-state index in [1.165, 1.54) is 32.4 Å². The fraction of sp³-hybridized carbons (Fsp3) is 0.261. The number of imide groups is 1. The molecule has 0 N–H and O–H groups in total. The first-order chi connectivity index (χ1) is 14.9. The van der Waals surface area contributed by atoms with E-state index in [-0.39, 0.29) is 22.2 Å². The van der Waals surface area contributed by atoms with Crippen molar-refractivity contribution in [1.82, 2.24) is 4.90 Å². The van der Waals surface area contributed by atoms with Crippen LogP contribution >= 0.6 is 11.8 Å². The molecule has 4 rings (SSSR count). The second-order valence-electron chi connectivity index (χ2n) is 7.27. The van der Waals surface area contributed by atoms with Crippen LogP contribution in [0.15, 0.2) is 47.4 Å². The van der Waals surface area contributed by atoms with Gasteiger partial charge in [-0.3, -0.25) is 19.3 Å². The molecule has 2 amide bonds. The standard InChI is InChI=1S/C23H20FNO5S/c1-29-17-10-7-13(11-18(17)30-2)12-19-22(27)25(23(28)31-19)20(21(26)14-8-9-14)15-5-3-4-6-16(15)24/h3-7,10-12,14,20H,8-9H2,1-2H3/b19-12-. The number of ether oxygens (including phenoxy) is 2. The van der Waals surface area contributed by atoms with Gasteiger partial charge >= 0.3 is 0 Å². The number of nitrogens with zero attached hydrogens (tertiary/aromatic N) is 1. The number of thioether (sulfide) groups is 1. The largest absolute Gasteiger partial charge is 0.493 e. The highest BCUT2D eigenvalue weighted by Crippen LogP contribution is 2.43. The first kappa shape index (κ1) is 21.1. The van der Waals surface area contributed by atoms with E-state index in [1.807, 2.05) is 0 Å². The van der Waals surface area contributed by atoms with Gasteiger partial charge in [0.2, 0.25) is 0 Å². The monoisotopic (exact) mass is 441 g/mol. The average Bonchev–Trinajstić information content (AvgIpc) is 3.58. The molecule has 160 valence electrons. The predicted molar refractivity (Wildman–Crippen MR) is 114 cm³/mol. The van der Waals surface area contributed by atoms with Crippen LogP contribution in [0.2, 0.25) is 0 Å². The molecule has 2 aliphatic rings. The van der Waals surface area contributed by atoms with Crippen LogP contribution in [0.3, 0.4) is 0 Å². The Kier molecular flexibility index (Phi) is 5.82. The van der Waals surface area contributed by atoms with Crippen molar-refractivity contribution in [3.05, 3.63) is 64.3 Å². The maximum Gasteiger partial charge on any atom is 0.294 e. The van der Waals surface area contributed by atoms with Crippen molar-refractivity contribution < 1.29 is 28.2 Å². The quantitative estimate of drug-likeness (QED) is 0.585. The van der Waals surface area contributed by atoms with E-state index in [4.69, 9.17) is 9.47 Å². The van der Waals surface area contributed by atoms with Crippen molar-refractivity contribution in [3.63, 3.8) is 0 Å². The van der Waals surface area contributed by atoms with Gasteiger partial charge in [0.15, 0.2) is 17.3 Å². The third-order valence-corrected chi connectivity index (χ3v) is 6.12. The third-order valence-electron chi connectivity index (χ3n) is 5.24. The number of ketones is 1. The molecule has 1 aliphatic carbocycles. The van der Waals surface area contributed by atoms with Crippen LogP contribution in [0.1, 0.15) is 30.0 Å². The summed E-state index contributed by atoms with van der Waals surface area (Å²) in [4.78, 5) is 40.0. The Hall–Kier alpha value is -3.13. The summed E-state index contributed by atoms with van der Waals surface area (Å²) in [6.45, 7) is 0. The fourth-order valence-electron chi connectivity index (χ4n) is 3.50. The summed E-state index contributed by atoms with van der Waals surface area (Å²) in [6, 6.07) is 9.58. The van der Waals surface area contributed by atoms with Crippen molar-refractivity contribution in [3.8, 4) is 11.5 Å². The van der Waals surface area contributed by atoms with Gasteiger partial charge in [-0.15, -0.1) is 0 Å². The molecule has 2 fully saturated rings. The second-order valence-corrected chi connectivity index (χ2v) is 8.26. The predicted octanol–water partition coefficient (Wildman–Crippen LogP) is 4.60. The molecule has 1 saturated carbocycles. The molecule has 6 nitrogen and oxygen atoms in total. The third kappa shape index (κ3) is 4.07. The highest BCUT2D eigenvalue weighted by atomic mass is 32.2. The number of hydrogen-bond donors (Lipinski definition) is 0. The van der Waals surface area contributed by atoms with E-state index in [2.05, 4.69) is 0 Å². The van der Waals surface area contributed by atoms with Crippen LogP contribution in [0.4, 0.5) is 9.18 Å². The van der Waals surface area contributed by atoms with E-state index < -0.39 is 23.0 Å². The van der Waals surface area contributed by atoms with Gasteiger partial charge in [-0.05, 0) is 54.4 Å². The van der Waals surface area contributed by atoms with Gasteiger partial charge in [0.25, 0.3) is 11.1 Å². The minimum atomic E-state index is -1.27. The Morgan fingerprint density at radius 3 is 2.48 bits per heavy atom. The molecule has 0 bridgehead atoms. The van der Waals surface area contributed by atoms with Crippen LogP contribution in [0, 0.1) is 11.7 Å². The summed E-state index contributed by atoms with van der Waals surface area (Å²) in [6.07, 6.45) is 2.91. The number of methoxy groups -OCH3 is 2. The molecule has 0 radical (unpaired) electrons. The summed E-state index contributed by atoms with van der Waals surface area (Å²) in [5.41, 5.74) is 0.660. The summed E-state index contributed by atoms with van der Waals surface area (Å²) in [5.74, 6) is -0.795. The Bertz CT molecular complexity index is 1100. The molecule has 1 aliphatic heterocycles. The maximum absolute atomic E-state index is 14.5. The molecule has 0 spiro atoms. The van der Waals surface area contributed by atoms with E-state index in [0.29, 0.717) is 29.9 Å². The Labute approximate surface area is 183 Å². The lowest BCUT2D eigenvalue weighted by Gasteiger charge is -2.25. The highest BCUT2D eigenvalue weighted by molar-refractivity contribution is 8.18. The molecule has 2 aromatic carbocycles. The van der Waals surface area contributed by atoms with Gasteiger partial charge in [0.05, 0.1) is 19.1 Å². The van der Waals surface area contributed by atoms with Crippen molar-refractivity contribution >= 4 is 34.8 Å². The van der Waals surface area contributed by atoms with Gasteiger partial charge in [-0.2, -0.15) is 0 Å². The Morgan fingerprint density at radius 1 is 1.13 bits per heavy atom. The van der Waals surface area contributed by atoms with Gasteiger partial charge in [0, 0.05) is 11.5 Å². The van der Waals surface area contributed by atoms with Crippen molar-refractivity contribution in [2.75, 3.05) is 14.2 Å². The minimum absolute atomic E-state index is 0.0362. The van der Waals surface area contributed by atoms with Crippen LogP contribution in [0.25, 0.3) is 6.08 Å². The molecule has 1 unspecified atom stereocenters. The summed E-state index contributed by atoms with van der Waals surface area (Å²) < 4.78 is 25.0. The van der Waals surface area contributed by atoms with Crippen LogP contribution in [-0.4, -0.2) is 36.0 Å². The first-order valence-corrected chi connectivity index (χ1v) is 10.5. The Balaban J connectivity index is 1.70. The lowest BCUT2D eigenvalue weighted by atomic mass is 9.97. The molecular formula is C23H20FNO5S. The maximum atomic E-state index is 14.5. The molecule has 0 aromatic heterocycles. The van der Waals surface area contributed by atoms with Crippen molar-refractivity contribution in [2.24, 2.45) is 5.92 Å². The van der Waals surface area contributed by atoms with Crippen molar-refractivity contribution in [2.45, 2.75) is 18.9 Å². The van der Waals surface area contributed by atoms with Crippen molar-refractivity contribution in [1.29, 1.82) is 0 Å². The summed E-state index contributed by atoms with van der Waals surface area (Å²) in [5, 5.41) is -0.598. The first-order valence-electron chi connectivity index (χ1n) is 9.72. The van der Waals surface area contributed by atoms with E-state index in [1.54, 1.807) is 30.3 Å². The molecule has 8 heteroatoms. The zero-order valence-corrected chi connectivity index (χ0v) is 17.8. The second kappa shape index (κ2) is 8.55. The molecule has 1 saturated heterocycles. The number of benzene rings is 2. The zero-order chi connectivity index (χ0) is 22.1. The molecule has 1 atom stereocenters. The van der Waals surface area contributed by atoms with E-state index in [0.717, 1.165) is 16.7 Å². The molecule has 2 aromatic rings. The number of halogens is 1. The molecular weight excluding hydrogens is 421 g/mol. The van der Waals surface area contributed by atoms with Gasteiger partial charge in [0.1, 0.15) is 11.9 Å². The highest BCUT2D eigenvalue weighted by Gasteiger charge is 2.47. The van der Waals surface area contributed by atoms with Crippen LogP contribution < -0.4 is 9.47 Å².